The Morgan fingerprint density at radius 2 is 0.958 bits per heavy atom. The van der Waals surface area contributed by atoms with Gasteiger partial charge < -0.3 is 10.2 Å². The van der Waals surface area contributed by atoms with Gasteiger partial charge in [0.05, 0.1) is 11.1 Å². The van der Waals surface area contributed by atoms with Crippen molar-refractivity contribution in [3.05, 3.63) is 79.7 Å². The van der Waals surface area contributed by atoms with Gasteiger partial charge >= 0.3 is 11.9 Å². The molecule has 2 aromatic carbocycles. The molecular weight excluding hydrogens is 440 g/mol. The van der Waals surface area contributed by atoms with E-state index in [-0.39, 0.29) is 24.0 Å². The molecule has 4 nitrogen and oxygen atoms in total. The van der Waals surface area contributed by atoms with E-state index < -0.39 is 11.9 Å². The van der Waals surface area contributed by atoms with Crippen molar-refractivity contribution in [3.63, 3.8) is 0 Å². The van der Waals surface area contributed by atoms with Gasteiger partial charge in [0.2, 0.25) is 0 Å². The lowest BCUT2D eigenvalue weighted by Crippen LogP contribution is -2.15. The lowest BCUT2D eigenvalue weighted by atomic mass is 9.95. The topological polar surface area (TPSA) is 74.6 Å². The Bertz CT molecular complexity index is 710. The minimum Gasteiger partial charge on any atom is -0.478 e. The van der Waals surface area contributed by atoms with Crippen LogP contribution in [-0.4, -0.2) is 22.2 Å². The fraction of sp³-hybridized carbons (Fsp3) is 0.111. The van der Waals surface area contributed by atoms with Crippen LogP contribution in [0.1, 0.15) is 11.1 Å². The van der Waals surface area contributed by atoms with Crippen molar-refractivity contribution in [1.29, 1.82) is 0 Å². The first-order chi connectivity index (χ1) is 11.4. The first-order valence-electron chi connectivity index (χ1n) is 7.04. The highest BCUT2D eigenvalue weighted by Crippen LogP contribution is 2.20. The number of benzene rings is 2. The largest absolute Gasteiger partial charge is 0.478 e. The molecule has 0 heterocycles. The van der Waals surface area contributed by atoms with Crippen molar-refractivity contribution in [2.45, 2.75) is 12.8 Å². The Morgan fingerprint density at radius 1 is 0.667 bits per heavy atom. The fourth-order valence-electron chi connectivity index (χ4n) is 2.24. The molecule has 0 aromatic heterocycles. The van der Waals surface area contributed by atoms with Crippen LogP contribution < -0.4 is 0 Å². The predicted molar refractivity (Wildman–Crippen MR) is 98.0 cm³/mol. The van der Waals surface area contributed by atoms with Crippen LogP contribution in [-0.2, 0) is 22.4 Å². The Kier molecular flexibility index (Phi) is 6.34. The van der Waals surface area contributed by atoms with Gasteiger partial charge in [-0.3, -0.25) is 0 Å². The van der Waals surface area contributed by atoms with E-state index in [0.29, 0.717) is 0 Å². The minimum atomic E-state index is -1.22. The monoisotopic (exact) mass is 452 g/mol. The summed E-state index contributed by atoms with van der Waals surface area (Å²) in [6.45, 7) is 0. The molecule has 2 aromatic rings. The van der Waals surface area contributed by atoms with Gasteiger partial charge in [-0.25, -0.2) is 9.59 Å². The van der Waals surface area contributed by atoms with Crippen LogP contribution in [0.4, 0.5) is 0 Å². The highest BCUT2D eigenvalue weighted by molar-refractivity contribution is 9.10. The standard InChI is InChI=1S/C18H14Br2O4/c19-13-5-1-11(2-6-13)9-15(17(21)22)16(18(23)24)10-12-3-7-14(20)8-4-12/h1-8H,9-10H2,(H,21,22)(H,23,24)/b16-15+. The zero-order valence-electron chi connectivity index (χ0n) is 12.5. The van der Waals surface area contributed by atoms with Crippen molar-refractivity contribution in [1.82, 2.24) is 0 Å². The zero-order valence-corrected chi connectivity index (χ0v) is 15.7. The lowest BCUT2D eigenvalue weighted by molar-refractivity contribution is -0.136. The average Bonchev–Trinajstić information content (AvgIpc) is 2.54. The highest BCUT2D eigenvalue weighted by Gasteiger charge is 2.21. The molecular formula is C18H14Br2O4. The predicted octanol–water partition coefficient (Wildman–Crippen LogP) is 4.46. The summed E-state index contributed by atoms with van der Waals surface area (Å²) in [4.78, 5) is 23.2. The van der Waals surface area contributed by atoms with Crippen LogP contribution in [0.3, 0.4) is 0 Å². The highest BCUT2D eigenvalue weighted by atomic mass is 79.9. The number of hydrogen-bond donors (Lipinski definition) is 2. The Labute approximate surface area is 156 Å². The molecule has 0 fully saturated rings. The van der Waals surface area contributed by atoms with Crippen LogP contribution in [0.25, 0.3) is 0 Å². The molecule has 0 saturated carbocycles. The summed E-state index contributed by atoms with van der Waals surface area (Å²) in [5, 5.41) is 19.0. The summed E-state index contributed by atoms with van der Waals surface area (Å²) in [5.74, 6) is -2.43. The molecule has 0 aliphatic rings. The number of hydrogen-bond acceptors (Lipinski definition) is 2. The van der Waals surface area contributed by atoms with E-state index in [1.54, 1.807) is 48.5 Å². The van der Waals surface area contributed by atoms with Crippen LogP contribution in [0, 0.1) is 0 Å². The summed E-state index contributed by atoms with van der Waals surface area (Å²) in [6, 6.07) is 14.3. The molecule has 0 aliphatic carbocycles. The Hall–Kier alpha value is -1.92. The van der Waals surface area contributed by atoms with Gasteiger partial charge in [0.1, 0.15) is 0 Å². The summed E-state index contributed by atoms with van der Waals surface area (Å²) < 4.78 is 1.75. The Morgan fingerprint density at radius 3 is 1.21 bits per heavy atom. The van der Waals surface area contributed by atoms with Gasteiger partial charge in [-0.05, 0) is 35.4 Å². The molecule has 24 heavy (non-hydrogen) atoms. The molecule has 0 amide bonds. The maximum atomic E-state index is 11.6. The van der Waals surface area contributed by atoms with Gasteiger partial charge in [0, 0.05) is 21.8 Å². The second-order valence-corrected chi connectivity index (χ2v) is 7.01. The molecule has 6 heteroatoms. The number of aliphatic carboxylic acids is 2. The van der Waals surface area contributed by atoms with Crippen molar-refractivity contribution in [2.75, 3.05) is 0 Å². The van der Waals surface area contributed by atoms with Crippen LogP contribution >= 0.6 is 31.9 Å². The first kappa shape index (κ1) is 18.4. The van der Waals surface area contributed by atoms with Crippen molar-refractivity contribution < 1.29 is 19.8 Å². The molecule has 0 spiro atoms. The number of carbonyl (C=O) groups is 2. The maximum absolute atomic E-state index is 11.6. The summed E-state index contributed by atoms with van der Waals surface area (Å²) >= 11 is 6.63. The fourth-order valence-corrected chi connectivity index (χ4v) is 2.76. The lowest BCUT2D eigenvalue weighted by Gasteiger charge is -2.10. The van der Waals surface area contributed by atoms with Crippen molar-refractivity contribution in [2.24, 2.45) is 0 Å². The Balaban J connectivity index is 2.39. The number of rotatable bonds is 6. The summed E-state index contributed by atoms with van der Waals surface area (Å²) in [6.07, 6.45) is 0.113. The summed E-state index contributed by atoms with van der Waals surface area (Å²) in [7, 11) is 0. The molecule has 0 aliphatic heterocycles. The van der Waals surface area contributed by atoms with Crippen LogP contribution in [0.15, 0.2) is 68.6 Å². The van der Waals surface area contributed by atoms with E-state index in [1.165, 1.54) is 0 Å². The number of carboxylic acids is 2. The second kappa shape index (κ2) is 8.26. The molecule has 124 valence electrons. The quantitative estimate of drug-likeness (QED) is 0.633. The van der Waals surface area contributed by atoms with Gasteiger partial charge in [-0.1, -0.05) is 56.1 Å². The normalized spacial score (nSPS) is 11.8. The second-order valence-electron chi connectivity index (χ2n) is 5.17. The molecule has 0 radical (unpaired) electrons. The van der Waals surface area contributed by atoms with E-state index in [9.17, 15) is 19.8 Å². The van der Waals surface area contributed by atoms with E-state index in [4.69, 9.17) is 0 Å². The molecule has 0 saturated heterocycles. The smallest absolute Gasteiger partial charge is 0.332 e. The van der Waals surface area contributed by atoms with Gasteiger partial charge in [0.15, 0.2) is 0 Å². The number of halogens is 2. The van der Waals surface area contributed by atoms with E-state index in [1.807, 2.05) is 0 Å². The van der Waals surface area contributed by atoms with Gasteiger partial charge in [0.25, 0.3) is 0 Å². The zero-order chi connectivity index (χ0) is 17.7. The number of carboxylic acid groups (broad SMARTS) is 2. The van der Waals surface area contributed by atoms with Crippen molar-refractivity contribution in [3.8, 4) is 0 Å². The van der Waals surface area contributed by atoms with Crippen LogP contribution in [0.5, 0.6) is 0 Å². The van der Waals surface area contributed by atoms with Crippen LogP contribution in [0.2, 0.25) is 0 Å². The van der Waals surface area contributed by atoms with Gasteiger partial charge in [-0.2, -0.15) is 0 Å². The SMILES string of the molecule is O=C(O)/C(Cc1ccc(Br)cc1)=C(\Cc1ccc(Br)cc1)C(=O)O. The molecule has 2 rings (SSSR count). The first-order valence-corrected chi connectivity index (χ1v) is 8.63. The maximum Gasteiger partial charge on any atom is 0.332 e. The third kappa shape index (κ3) is 5.04. The molecule has 0 bridgehead atoms. The molecule has 2 N–H and O–H groups in total. The van der Waals surface area contributed by atoms with E-state index in [2.05, 4.69) is 31.9 Å². The van der Waals surface area contributed by atoms with Crippen molar-refractivity contribution >= 4 is 43.8 Å². The third-order valence-corrected chi connectivity index (χ3v) is 4.53. The minimum absolute atomic E-state index is 0.0563. The van der Waals surface area contributed by atoms with E-state index >= 15 is 0 Å². The molecule has 0 atom stereocenters. The summed E-state index contributed by atoms with van der Waals surface area (Å²) in [5.41, 5.74) is 1.27. The average molecular weight is 454 g/mol. The van der Waals surface area contributed by atoms with Gasteiger partial charge in [-0.15, -0.1) is 0 Å². The molecule has 0 unspecified atom stereocenters. The third-order valence-electron chi connectivity index (χ3n) is 3.47. The van der Waals surface area contributed by atoms with E-state index in [0.717, 1.165) is 20.1 Å².